The Labute approximate surface area is 135 Å². The molecule has 0 saturated carbocycles. The maximum absolute atomic E-state index is 13.4. The number of carbonyl (C=O) groups excluding carboxylic acids is 1. The molecule has 0 aromatic heterocycles. The Morgan fingerprint density at radius 1 is 1.18 bits per heavy atom. The first-order valence-corrected chi connectivity index (χ1v) is 7.54. The molecule has 1 heterocycles. The van der Waals surface area contributed by atoms with Gasteiger partial charge in [0.2, 0.25) is 0 Å². The zero-order valence-electron chi connectivity index (χ0n) is 11.5. The second kappa shape index (κ2) is 6.04. The first kappa shape index (κ1) is 15.0. The monoisotopic (exact) mass is 366 g/mol. The molecule has 0 radical (unpaired) electrons. The van der Waals surface area contributed by atoms with Crippen molar-refractivity contribution >= 4 is 33.2 Å². The maximum Gasteiger partial charge on any atom is 0.267 e. The van der Waals surface area contributed by atoms with Gasteiger partial charge in [-0.15, -0.1) is 0 Å². The molecule has 0 spiro atoms. The zero-order valence-corrected chi connectivity index (χ0v) is 13.1. The van der Waals surface area contributed by atoms with Crippen LogP contribution < -0.4 is 10.2 Å². The van der Waals surface area contributed by atoms with Crippen LogP contribution in [-0.4, -0.2) is 18.4 Å². The van der Waals surface area contributed by atoms with E-state index < -0.39 is 18.4 Å². The van der Waals surface area contributed by atoms with Crippen LogP contribution in [0.5, 0.6) is 0 Å². The highest BCUT2D eigenvalue weighted by molar-refractivity contribution is 9.10. The van der Waals surface area contributed by atoms with Crippen LogP contribution in [0.25, 0.3) is 0 Å². The standard InChI is InChI=1S/C16H13BrF2N2O/c17-11-6-7-13-12(8-11)20-16(22)14(15(18)19)21(13)9-10-4-2-1-3-5-10/h1-8,14-15H,9H2,(H,20,22). The van der Waals surface area contributed by atoms with E-state index in [9.17, 15) is 13.6 Å². The van der Waals surface area contributed by atoms with Crippen molar-refractivity contribution in [1.82, 2.24) is 0 Å². The predicted octanol–water partition coefficient (Wildman–Crippen LogP) is 4.04. The summed E-state index contributed by atoms with van der Waals surface area (Å²) in [4.78, 5) is 13.5. The summed E-state index contributed by atoms with van der Waals surface area (Å²) in [6.45, 7) is 0.248. The van der Waals surface area contributed by atoms with Gasteiger partial charge in [-0.2, -0.15) is 0 Å². The fourth-order valence-electron chi connectivity index (χ4n) is 2.57. The minimum Gasteiger partial charge on any atom is -0.349 e. The first-order valence-electron chi connectivity index (χ1n) is 6.75. The number of fused-ring (bicyclic) bond motifs is 1. The van der Waals surface area contributed by atoms with Crippen molar-refractivity contribution in [3.8, 4) is 0 Å². The Hall–Kier alpha value is -1.95. The summed E-state index contributed by atoms with van der Waals surface area (Å²) in [5, 5.41) is 2.56. The predicted molar refractivity (Wildman–Crippen MR) is 85.2 cm³/mol. The molecule has 3 rings (SSSR count). The number of carbonyl (C=O) groups is 1. The van der Waals surface area contributed by atoms with Gasteiger partial charge in [0.25, 0.3) is 12.3 Å². The molecule has 0 aliphatic carbocycles. The van der Waals surface area contributed by atoms with E-state index in [4.69, 9.17) is 0 Å². The summed E-state index contributed by atoms with van der Waals surface area (Å²) >= 11 is 3.32. The molecule has 2 aromatic rings. The topological polar surface area (TPSA) is 32.3 Å². The van der Waals surface area contributed by atoms with E-state index >= 15 is 0 Å². The van der Waals surface area contributed by atoms with E-state index in [1.165, 1.54) is 4.90 Å². The molecule has 1 aliphatic rings. The van der Waals surface area contributed by atoms with E-state index in [1.54, 1.807) is 18.2 Å². The third kappa shape index (κ3) is 2.83. The average Bonchev–Trinajstić information content (AvgIpc) is 2.47. The van der Waals surface area contributed by atoms with Crippen LogP contribution in [0.4, 0.5) is 20.2 Å². The quantitative estimate of drug-likeness (QED) is 0.888. The van der Waals surface area contributed by atoms with Crippen molar-refractivity contribution in [2.75, 3.05) is 10.2 Å². The van der Waals surface area contributed by atoms with Crippen LogP contribution in [0.2, 0.25) is 0 Å². The van der Waals surface area contributed by atoms with E-state index in [1.807, 2.05) is 30.3 Å². The van der Waals surface area contributed by atoms with Gasteiger partial charge in [0.05, 0.1) is 11.4 Å². The Morgan fingerprint density at radius 3 is 2.59 bits per heavy atom. The van der Waals surface area contributed by atoms with Gasteiger partial charge in [-0.05, 0) is 23.8 Å². The Kier molecular flexibility index (Phi) is 4.11. The van der Waals surface area contributed by atoms with Crippen LogP contribution in [0.1, 0.15) is 5.56 Å². The number of benzene rings is 2. The highest BCUT2D eigenvalue weighted by Gasteiger charge is 2.39. The van der Waals surface area contributed by atoms with Crippen molar-refractivity contribution in [3.05, 3.63) is 58.6 Å². The molecular weight excluding hydrogens is 354 g/mol. The highest BCUT2D eigenvalue weighted by atomic mass is 79.9. The third-order valence-electron chi connectivity index (χ3n) is 3.56. The van der Waals surface area contributed by atoms with Crippen molar-refractivity contribution in [2.45, 2.75) is 19.0 Å². The smallest absolute Gasteiger partial charge is 0.267 e. The molecule has 0 bridgehead atoms. The summed E-state index contributed by atoms with van der Waals surface area (Å²) < 4.78 is 27.5. The normalized spacial score (nSPS) is 17.4. The second-order valence-electron chi connectivity index (χ2n) is 5.04. The van der Waals surface area contributed by atoms with Crippen molar-refractivity contribution in [2.24, 2.45) is 0 Å². The Balaban J connectivity index is 2.03. The summed E-state index contributed by atoms with van der Waals surface area (Å²) in [7, 11) is 0. The molecule has 2 aromatic carbocycles. The van der Waals surface area contributed by atoms with Crippen molar-refractivity contribution < 1.29 is 13.6 Å². The summed E-state index contributed by atoms with van der Waals surface area (Å²) in [6, 6.07) is 13.0. The molecule has 0 saturated heterocycles. The number of alkyl halides is 2. The van der Waals surface area contributed by atoms with Gasteiger partial charge in [0.15, 0.2) is 6.04 Å². The lowest BCUT2D eigenvalue weighted by atomic mass is 10.1. The number of nitrogens with one attached hydrogen (secondary N) is 1. The van der Waals surface area contributed by atoms with Crippen LogP contribution in [0.3, 0.4) is 0 Å². The van der Waals surface area contributed by atoms with E-state index in [0.717, 1.165) is 10.0 Å². The zero-order chi connectivity index (χ0) is 15.7. The lowest BCUT2D eigenvalue weighted by Crippen LogP contribution is -2.51. The number of amides is 1. The molecule has 6 heteroatoms. The molecule has 3 nitrogen and oxygen atoms in total. The third-order valence-corrected chi connectivity index (χ3v) is 4.06. The number of rotatable bonds is 3. The number of hydrogen-bond acceptors (Lipinski definition) is 2. The summed E-state index contributed by atoms with van der Waals surface area (Å²) in [6.07, 6.45) is -2.76. The minimum absolute atomic E-state index is 0.248. The number of nitrogens with zero attached hydrogens (tertiary/aromatic N) is 1. The van der Waals surface area contributed by atoms with Gasteiger partial charge < -0.3 is 10.2 Å². The molecule has 1 N–H and O–H groups in total. The number of halogens is 3. The van der Waals surface area contributed by atoms with Crippen molar-refractivity contribution in [1.29, 1.82) is 0 Å². The summed E-state index contributed by atoms with van der Waals surface area (Å²) in [5.74, 6) is -0.684. The van der Waals surface area contributed by atoms with Crippen LogP contribution in [-0.2, 0) is 11.3 Å². The average molecular weight is 367 g/mol. The Bertz CT molecular complexity index is 694. The van der Waals surface area contributed by atoms with Gasteiger partial charge >= 0.3 is 0 Å². The van der Waals surface area contributed by atoms with E-state index in [0.29, 0.717) is 11.4 Å². The molecule has 1 atom stereocenters. The number of hydrogen-bond donors (Lipinski definition) is 1. The fraction of sp³-hybridized carbons (Fsp3) is 0.188. The Morgan fingerprint density at radius 2 is 1.91 bits per heavy atom. The summed E-state index contributed by atoms with van der Waals surface area (Å²) in [5.41, 5.74) is 2.00. The maximum atomic E-state index is 13.4. The van der Waals surface area contributed by atoms with E-state index in [-0.39, 0.29) is 6.54 Å². The SMILES string of the molecule is O=C1Nc2cc(Br)ccc2N(Cc2ccccc2)C1C(F)F. The van der Waals surface area contributed by atoms with Crippen molar-refractivity contribution in [3.63, 3.8) is 0 Å². The molecule has 114 valence electrons. The van der Waals surface area contributed by atoms with E-state index in [2.05, 4.69) is 21.2 Å². The lowest BCUT2D eigenvalue weighted by molar-refractivity contribution is -0.120. The number of anilines is 2. The van der Waals surface area contributed by atoms with Crippen LogP contribution >= 0.6 is 15.9 Å². The van der Waals surface area contributed by atoms with Gasteiger partial charge in [-0.3, -0.25) is 4.79 Å². The minimum atomic E-state index is -2.76. The molecule has 1 unspecified atom stereocenters. The molecule has 0 fully saturated rings. The van der Waals surface area contributed by atoms with Crippen LogP contribution in [0.15, 0.2) is 53.0 Å². The molecule has 1 amide bonds. The lowest BCUT2D eigenvalue weighted by Gasteiger charge is -2.37. The highest BCUT2D eigenvalue weighted by Crippen LogP contribution is 2.36. The molecule has 1 aliphatic heterocycles. The van der Waals surface area contributed by atoms with Gasteiger partial charge in [-0.1, -0.05) is 46.3 Å². The largest absolute Gasteiger partial charge is 0.349 e. The molecular formula is C16H13BrF2N2O. The molecule has 22 heavy (non-hydrogen) atoms. The van der Waals surface area contributed by atoms with Crippen LogP contribution in [0, 0.1) is 0 Å². The van der Waals surface area contributed by atoms with Gasteiger partial charge in [0.1, 0.15) is 0 Å². The second-order valence-corrected chi connectivity index (χ2v) is 5.96. The van der Waals surface area contributed by atoms with Gasteiger partial charge in [0, 0.05) is 11.0 Å². The fourth-order valence-corrected chi connectivity index (χ4v) is 2.93. The van der Waals surface area contributed by atoms with Gasteiger partial charge in [-0.25, -0.2) is 8.78 Å². The first-order chi connectivity index (χ1) is 10.6.